The first kappa shape index (κ1) is 18.3. The van der Waals surface area contributed by atoms with Gasteiger partial charge in [-0.05, 0) is 73.2 Å². The summed E-state index contributed by atoms with van der Waals surface area (Å²) in [7, 11) is 0. The molecular formula is C24H28N2. The Balaban J connectivity index is 1.95. The summed E-state index contributed by atoms with van der Waals surface area (Å²) in [6, 6.07) is 13.3. The lowest BCUT2D eigenvalue weighted by Crippen LogP contribution is -2.05. The van der Waals surface area contributed by atoms with Crippen LogP contribution in [-0.4, -0.2) is 9.97 Å². The number of hydrogen-bond donors (Lipinski definition) is 0. The summed E-state index contributed by atoms with van der Waals surface area (Å²) in [4.78, 5) is 8.93. The summed E-state index contributed by atoms with van der Waals surface area (Å²) >= 11 is 0. The fourth-order valence-corrected chi connectivity index (χ4v) is 3.62. The second kappa shape index (κ2) is 7.41. The molecule has 2 heterocycles. The maximum Gasteiger partial charge on any atom is 0.0372 e. The van der Waals surface area contributed by atoms with Crippen LogP contribution in [0.15, 0.2) is 48.8 Å². The van der Waals surface area contributed by atoms with E-state index in [0.29, 0.717) is 11.8 Å². The van der Waals surface area contributed by atoms with Crippen LogP contribution in [0, 0.1) is 27.7 Å². The summed E-state index contributed by atoms with van der Waals surface area (Å²) in [5.74, 6) is 0.680. The van der Waals surface area contributed by atoms with Crippen LogP contribution < -0.4 is 0 Å². The van der Waals surface area contributed by atoms with Crippen LogP contribution in [0.1, 0.15) is 70.5 Å². The zero-order valence-corrected chi connectivity index (χ0v) is 16.7. The van der Waals surface area contributed by atoms with Gasteiger partial charge >= 0.3 is 0 Å². The van der Waals surface area contributed by atoms with E-state index in [1.807, 2.05) is 26.2 Å². The third kappa shape index (κ3) is 3.70. The monoisotopic (exact) mass is 344 g/mol. The molecule has 2 heteroatoms. The topological polar surface area (TPSA) is 25.8 Å². The van der Waals surface area contributed by atoms with E-state index >= 15 is 0 Å². The maximum absolute atomic E-state index is 4.46. The van der Waals surface area contributed by atoms with Crippen molar-refractivity contribution in [3.8, 4) is 0 Å². The average Bonchev–Trinajstić information content (AvgIpc) is 2.63. The maximum atomic E-state index is 4.46. The predicted molar refractivity (Wildman–Crippen MR) is 109 cm³/mol. The second-order valence-electron chi connectivity index (χ2n) is 7.47. The Morgan fingerprint density at radius 1 is 0.615 bits per heavy atom. The lowest BCUT2D eigenvalue weighted by atomic mass is 9.84. The highest BCUT2D eigenvalue weighted by Crippen LogP contribution is 2.33. The van der Waals surface area contributed by atoms with Crippen molar-refractivity contribution < 1.29 is 0 Å². The molecule has 0 radical (unpaired) electrons. The molecule has 0 spiro atoms. The Morgan fingerprint density at radius 2 is 1.00 bits per heavy atom. The molecule has 3 aromatic rings. The lowest BCUT2D eigenvalue weighted by Gasteiger charge is -2.21. The second-order valence-corrected chi connectivity index (χ2v) is 7.47. The molecular weight excluding hydrogens is 316 g/mol. The SMILES string of the molecule is Cc1ccc(C(C)c2cc(C)c(C(C)c3ccc(C)nc3)cc2C)cn1. The van der Waals surface area contributed by atoms with E-state index in [-0.39, 0.29) is 0 Å². The molecule has 2 nitrogen and oxygen atoms in total. The van der Waals surface area contributed by atoms with Crippen LogP contribution in [0.4, 0.5) is 0 Å². The molecule has 0 aliphatic rings. The van der Waals surface area contributed by atoms with E-state index < -0.39 is 0 Å². The van der Waals surface area contributed by atoms with Crippen molar-refractivity contribution in [1.82, 2.24) is 9.97 Å². The Kier molecular flexibility index (Phi) is 5.22. The Labute approximate surface area is 157 Å². The van der Waals surface area contributed by atoms with Gasteiger partial charge in [0.2, 0.25) is 0 Å². The van der Waals surface area contributed by atoms with Crippen LogP contribution in [0.25, 0.3) is 0 Å². The lowest BCUT2D eigenvalue weighted by molar-refractivity contribution is 0.866. The van der Waals surface area contributed by atoms with Crippen molar-refractivity contribution >= 4 is 0 Å². The highest BCUT2D eigenvalue weighted by molar-refractivity contribution is 5.46. The van der Waals surface area contributed by atoms with Gasteiger partial charge in [0.15, 0.2) is 0 Å². The zero-order chi connectivity index (χ0) is 18.8. The van der Waals surface area contributed by atoms with Crippen LogP contribution >= 0.6 is 0 Å². The van der Waals surface area contributed by atoms with Crippen molar-refractivity contribution in [2.24, 2.45) is 0 Å². The van der Waals surface area contributed by atoms with E-state index in [1.165, 1.54) is 33.4 Å². The zero-order valence-electron chi connectivity index (χ0n) is 16.7. The third-order valence-corrected chi connectivity index (χ3v) is 5.46. The molecule has 2 aromatic heterocycles. The van der Waals surface area contributed by atoms with Gasteiger partial charge in [-0.2, -0.15) is 0 Å². The molecule has 2 unspecified atom stereocenters. The van der Waals surface area contributed by atoms with Gasteiger partial charge < -0.3 is 0 Å². The van der Waals surface area contributed by atoms with Gasteiger partial charge in [-0.15, -0.1) is 0 Å². The van der Waals surface area contributed by atoms with Gasteiger partial charge in [-0.1, -0.05) is 38.1 Å². The molecule has 0 bridgehead atoms. The number of rotatable bonds is 4. The molecule has 0 aliphatic heterocycles. The summed E-state index contributed by atoms with van der Waals surface area (Å²) in [6.07, 6.45) is 4.01. The first-order valence-electron chi connectivity index (χ1n) is 9.33. The molecule has 134 valence electrons. The summed E-state index contributed by atoms with van der Waals surface area (Å²) < 4.78 is 0. The third-order valence-electron chi connectivity index (χ3n) is 5.46. The number of pyridine rings is 2. The minimum absolute atomic E-state index is 0.340. The Hall–Kier alpha value is -2.48. The largest absolute Gasteiger partial charge is 0.261 e. The van der Waals surface area contributed by atoms with E-state index in [0.717, 1.165) is 11.4 Å². The minimum Gasteiger partial charge on any atom is -0.261 e. The highest BCUT2D eigenvalue weighted by Gasteiger charge is 2.17. The van der Waals surface area contributed by atoms with Crippen molar-refractivity contribution in [3.63, 3.8) is 0 Å². The molecule has 0 N–H and O–H groups in total. The van der Waals surface area contributed by atoms with Gasteiger partial charge in [-0.25, -0.2) is 0 Å². The fraction of sp³-hybridized carbons (Fsp3) is 0.333. The molecule has 0 fully saturated rings. The molecule has 0 amide bonds. The van der Waals surface area contributed by atoms with Gasteiger partial charge in [0.05, 0.1) is 0 Å². The first-order valence-corrected chi connectivity index (χ1v) is 9.33. The summed E-state index contributed by atoms with van der Waals surface area (Å²) in [5.41, 5.74) is 10.1. The first-order chi connectivity index (χ1) is 12.4. The van der Waals surface area contributed by atoms with Crippen LogP contribution in [0.2, 0.25) is 0 Å². The molecule has 0 saturated carbocycles. The number of nitrogens with zero attached hydrogens (tertiary/aromatic N) is 2. The number of aryl methyl sites for hydroxylation is 4. The van der Waals surface area contributed by atoms with Gasteiger partial charge in [0, 0.05) is 35.6 Å². The van der Waals surface area contributed by atoms with Gasteiger partial charge in [0.1, 0.15) is 0 Å². The van der Waals surface area contributed by atoms with Crippen molar-refractivity contribution in [2.45, 2.75) is 53.4 Å². The average molecular weight is 345 g/mol. The standard InChI is InChI=1S/C24H28N2/c1-15-11-24(20(6)22-10-8-18(4)26-14-22)16(2)12-23(15)19(5)21-9-7-17(3)25-13-21/h7-14,19-20H,1-6H3. The van der Waals surface area contributed by atoms with E-state index in [1.54, 1.807) is 0 Å². The normalized spacial score (nSPS) is 13.5. The number of hydrogen-bond acceptors (Lipinski definition) is 2. The van der Waals surface area contributed by atoms with Crippen LogP contribution in [0.5, 0.6) is 0 Å². The van der Waals surface area contributed by atoms with Crippen LogP contribution in [0.3, 0.4) is 0 Å². The van der Waals surface area contributed by atoms with Crippen molar-refractivity contribution in [1.29, 1.82) is 0 Å². The fourth-order valence-electron chi connectivity index (χ4n) is 3.62. The van der Waals surface area contributed by atoms with Crippen molar-refractivity contribution in [3.05, 3.63) is 93.6 Å². The van der Waals surface area contributed by atoms with Crippen molar-refractivity contribution in [2.75, 3.05) is 0 Å². The predicted octanol–water partition coefficient (Wildman–Crippen LogP) is 6.01. The van der Waals surface area contributed by atoms with Crippen LogP contribution in [-0.2, 0) is 0 Å². The van der Waals surface area contributed by atoms with Gasteiger partial charge in [0.25, 0.3) is 0 Å². The molecule has 2 atom stereocenters. The summed E-state index contributed by atoms with van der Waals surface area (Å²) in [5, 5.41) is 0. The molecule has 26 heavy (non-hydrogen) atoms. The smallest absolute Gasteiger partial charge is 0.0372 e. The number of benzene rings is 1. The molecule has 3 rings (SSSR count). The Bertz CT molecular complexity index is 815. The summed E-state index contributed by atoms with van der Waals surface area (Å²) in [6.45, 7) is 13.0. The minimum atomic E-state index is 0.340. The van der Waals surface area contributed by atoms with Gasteiger partial charge in [-0.3, -0.25) is 9.97 Å². The number of aromatic nitrogens is 2. The molecule has 0 aliphatic carbocycles. The van der Waals surface area contributed by atoms with E-state index in [9.17, 15) is 0 Å². The van der Waals surface area contributed by atoms with E-state index in [4.69, 9.17) is 0 Å². The molecule has 0 saturated heterocycles. The molecule has 1 aromatic carbocycles. The Morgan fingerprint density at radius 3 is 1.31 bits per heavy atom. The quantitative estimate of drug-likeness (QED) is 0.579. The van der Waals surface area contributed by atoms with E-state index in [2.05, 4.69) is 74.1 Å². The highest BCUT2D eigenvalue weighted by atomic mass is 14.7.